The van der Waals surface area contributed by atoms with Crippen molar-refractivity contribution in [3.8, 4) is 0 Å². The third kappa shape index (κ3) is 3.16. The average molecular weight is 350 g/mol. The molecule has 1 aliphatic carbocycles. The highest BCUT2D eigenvalue weighted by molar-refractivity contribution is 9.10. The molecule has 0 aliphatic heterocycles. The van der Waals surface area contributed by atoms with Gasteiger partial charge in [-0.1, -0.05) is 30.3 Å². The van der Waals surface area contributed by atoms with Crippen LogP contribution in [0.5, 0.6) is 0 Å². The topological polar surface area (TPSA) is 26.0 Å². The lowest BCUT2D eigenvalue weighted by atomic mass is 9.74. The van der Waals surface area contributed by atoms with Crippen molar-refractivity contribution in [1.82, 2.24) is 0 Å². The number of rotatable bonds is 3. The van der Waals surface area contributed by atoms with E-state index in [0.29, 0.717) is 17.9 Å². The van der Waals surface area contributed by atoms with Gasteiger partial charge < -0.3 is 5.73 Å². The Kier molecular flexibility index (Phi) is 4.59. The van der Waals surface area contributed by atoms with Gasteiger partial charge in [-0.3, -0.25) is 0 Å². The molecule has 0 spiro atoms. The van der Waals surface area contributed by atoms with Crippen LogP contribution in [0, 0.1) is 5.92 Å². The second-order valence-corrected chi connectivity index (χ2v) is 7.60. The Bertz CT molecular complexity index is 551. The maximum atomic E-state index is 6.38. The first kappa shape index (κ1) is 14.3. The van der Waals surface area contributed by atoms with E-state index in [9.17, 15) is 0 Å². The highest BCUT2D eigenvalue weighted by Crippen LogP contribution is 2.38. The van der Waals surface area contributed by atoms with Gasteiger partial charge >= 0.3 is 0 Å². The summed E-state index contributed by atoms with van der Waals surface area (Å²) in [5.41, 5.74) is 7.86. The smallest absolute Gasteiger partial charge is 0.0314 e. The van der Waals surface area contributed by atoms with Gasteiger partial charge in [-0.15, -0.1) is 11.3 Å². The summed E-state index contributed by atoms with van der Waals surface area (Å²) in [5.74, 6) is 1.28. The fourth-order valence-corrected chi connectivity index (χ4v) is 4.87. The fraction of sp³-hybridized carbons (Fsp3) is 0.412. The molecule has 1 heterocycles. The van der Waals surface area contributed by atoms with E-state index in [-0.39, 0.29) is 0 Å². The van der Waals surface area contributed by atoms with E-state index in [4.69, 9.17) is 5.73 Å². The van der Waals surface area contributed by atoms with Crippen LogP contribution >= 0.6 is 27.3 Å². The van der Waals surface area contributed by atoms with E-state index in [2.05, 4.69) is 57.7 Å². The maximum absolute atomic E-state index is 6.38. The van der Waals surface area contributed by atoms with Crippen LogP contribution in [-0.4, -0.2) is 6.04 Å². The minimum Gasteiger partial charge on any atom is -0.327 e. The van der Waals surface area contributed by atoms with Crippen LogP contribution in [-0.2, 0) is 6.42 Å². The molecule has 0 bridgehead atoms. The molecule has 1 fully saturated rings. The third-order valence-corrected chi connectivity index (χ3v) is 6.40. The highest BCUT2D eigenvalue weighted by Gasteiger charge is 2.29. The van der Waals surface area contributed by atoms with Gasteiger partial charge in [0.05, 0.1) is 0 Å². The molecule has 3 unspecified atom stereocenters. The normalized spacial score (nSPS) is 26.6. The van der Waals surface area contributed by atoms with Crippen LogP contribution in [0.1, 0.15) is 35.6 Å². The Hall–Kier alpha value is -0.640. The zero-order valence-electron chi connectivity index (χ0n) is 11.5. The number of thiophene rings is 1. The molecule has 1 nitrogen and oxygen atoms in total. The van der Waals surface area contributed by atoms with Crippen molar-refractivity contribution in [2.45, 2.75) is 37.6 Å². The van der Waals surface area contributed by atoms with Gasteiger partial charge in [0, 0.05) is 15.4 Å². The highest BCUT2D eigenvalue weighted by atomic mass is 79.9. The average Bonchev–Trinajstić information content (AvgIpc) is 2.88. The summed E-state index contributed by atoms with van der Waals surface area (Å²) in [6.45, 7) is 0. The molecule has 20 heavy (non-hydrogen) atoms. The summed E-state index contributed by atoms with van der Waals surface area (Å²) in [7, 11) is 0. The largest absolute Gasteiger partial charge is 0.327 e. The van der Waals surface area contributed by atoms with Crippen molar-refractivity contribution < 1.29 is 0 Å². The van der Waals surface area contributed by atoms with Gasteiger partial charge in [-0.25, -0.2) is 0 Å². The van der Waals surface area contributed by atoms with E-state index in [1.165, 1.54) is 27.8 Å². The summed E-state index contributed by atoms with van der Waals surface area (Å²) in [5, 5.41) is 2.16. The van der Waals surface area contributed by atoms with Crippen molar-refractivity contribution in [2.24, 2.45) is 11.7 Å². The predicted molar refractivity (Wildman–Crippen MR) is 90.2 cm³/mol. The molecule has 2 aromatic rings. The molecule has 3 rings (SSSR count). The number of hydrogen-bond acceptors (Lipinski definition) is 2. The second kappa shape index (κ2) is 6.42. The molecule has 3 heteroatoms. The predicted octanol–water partition coefficient (Wildman–Crippen LogP) is 4.96. The summed E-state index contributed by atoms with van der Waals surface area (Å²) in [6, 6.07) is 13.4. The Morgan fingerprint density at radius 3 is 2.65 bits per heavy atom. The van der Waals surface area contributed by atoms with Crippen molar-refractivity contribution in [3.63, 3.8) is 0 Å². The summed E-state index contributed by atoms with van der Waals surface area (Å²) >= 11 is 5.48. The number of halogens is 1. The van der Waals surface area contributed by atoms with Crippen molar-refractivity contribution in [3.05, 3.63) is 56.7 Å². The Morgan fingerprint density at radius 2 is 1.95 bits per heavy atom. The minimum absolute atomic E-state index is 0.351. The van der Waals surface area contributed by atoms with Crippen LogP contribution in [0.15, 0.2) is 46.3 Å². The van der Waals surface area contributed by atoms with E-state index >= 15 is 0 Å². The molecule has 1 aromatic heterocycles. The minimum atomic E-state index is 0.351. The monoisotopic (exact) mass is 349 g/mol. The molecule has 1 aromatic carbocycles. The molecular formula is C17H20BrNS. The quantitative estimate of drug-likeness (QED) is 0.831. The maximum Gasteiger partial charge on any atom is 0.0314 e. The van der Waals surface area contributed by atoms with Crippen LogP contribution in [0.2, 0.25) is 0 Å². The summed E-state index contributed by atoms with van der Waals surface area (Å²) < 4.78 is 1.25. The molecule has 2 N–H and O–H groups in total. The van der Waals surface area contributed by atoms with E-state index < -0.39 is 0 Å². The SMILES string of the molecule is NC1CCC(c2ccccc2)CC1Cc1sccc1Br. The fourth-order valence-electron chi connectivity index (χ4n) is 3.26. The Labute approximate surface area is 133 Å². The number of hydrogen-bond donors (Lipinski definition) is 1. The first-order valence-electron chi connectivity index (χ1n) is 7.26. The van der Waals surface area contributed by atoms with Gasteiger partial charge in [0.2, 0.25) is 0 Å². The number of nitrogens with two attached hydrogens (primary N) is 1. The molecule has 0 saturated heterocycles. The number of benzene rings is 1. The summed E-state index contributed by atoms with van der Waals surface area (Å²) in [6.07, 6.45) is 4.71. The first-order valence-corrected chi connectivity index (χ1v) is 8.93. The molecule has 106 valence electrons. The first-order chi connectivity index (χ1) is 9.74. The van der Waals surface area contributed by atoms with Crippen LogP contribution in [0.25, 0.3) is 0 Å². The molecular weight excluding hydrogens is 330 g/mol. The Morgan fingerprint density at radius 1 is 1.15 bits per heavy atom. The standard InChI is InChI=1S/C17H20BrNS/c18-15-8-9-20-17(15)11-14-10-13(6-7-16(14)19)12-4-2-1-3-5-12/h1-5,8-9,13-14,16H,6-7,10-11,19H2. The molecule has 1 saturated carbocycles. The molecule has 0 amide bonds. The zero-order chi connectivity index (χ0) is 13.9. The van der Waals surface area contributed by atoms with Gasteiger partial charge in [0.25, 0.3) is 0 Å². The third-order valence-electron chi connectivity index (χ3n) is 4.45. The lowest BCUT2D eigenvalue weighted by Crippen LogP contribution is -2.36. The van der Waals surface area contributed by atoms with Crippen LogP contribution < -0.4 is 5.73 Å². The Balaban J connectivity index is 1.72. The van der Waals surface area contributed by atoms with E-state index in [1.54, 1.807) is 0 Å². The lowest BCUT2D eigenvalue weighted by molar-refractivity contribution is 0.278. The van der Waals surface area contributed by atoms with Gasteiger partial charge in [-0.2, -0.15) is 0 Å². The van der Waals surface area contributed by atoms with Gasteiger partial charge in [0.15, 0.2) is 0 Å². The van der Waals surface area contributed by atoms with Crippen molar-refractivity contribution in [1.29, 1.82) is 0 Å². The molecule has 1 aliphatic rings. The van der Waals surface area contributed by atoms with Gasteiger partial charge in [-0.05, 0) is 70.5 Å². The lowest BCUT2D eigenvalue weighted by Gasteiger charge is -2.34. The molecule has 3 atom stereocenters. The van der Waals surface area contributed by atoms with Crippen molar-refractivity contribution >= 4 is 27.3 Å². The zero-order valence-corrected chi connectivity index (χ0v) is 13.9. The second-order valence-electron chi connectivity index (χ2n) is 5.74. The molecule has 0 radical (unpaired) electrons. The van der Waals surface area contributed by atoms with Crippen LogP contribution in [0.4, 0.5) is 0 Å². The van der Waals surface area contributed by atoms with E-state index in [1.807, 2.05) is 11.3 Å². The van der Waals surface area contributed by atoms with Gasteiger partial charge in [0.1, 0.15) is 0 Å². The van der Waals surface area contributed by atoms with Crippen LogP contribution in [0.3, 0.4) is 0 Å². The summed E-state index contributed by atoms with van der Waals surface area (Å²) in [4.78, 5) is 1.44. The van der Waals surface area contributed by atoms with E-state index in [0.717, 1.165) is 12.8 Å². The van der Waals surface area contributed by atoms with Crippen molar-refractivity contribution in [2.75, 3.05) is 0 Å².